The summed E-state index contributed by atoms with van der Waals surface area (Å²) in [7, 11) is 1.57. The molecule has 0 aliphatic carbocycles. The first-order chi connectivity index (χ1) is 11.8. The summed E-state index contributed by atoms with van der Waals surface area (Å²) in [6.07, 6.45) is 5.86. The Kier molecular flexibility index (Phi) is 5.23. The van der Waals surface area contributed by atoms with Crippen molar-refractivity contribution in [3.05, 3.63) is 60.3 Å². The molecule has 2 aromatic rings. The summed E-state index contributed by atoms with van der Waals surface area (Å²) in [6, 6.07) is 13.8. The monoisotopic (exact) mass is 323 g/mol. The molecule has 1 saturated heterocycles. The summed E-state index contributed by atoms with van der Waals surface area (Å²) >= 11 is 0. The number of nitrogens with zero attached hydrogens (tertiary/aromatic N) is 3. The fourth-order valence-corrected chi connectivity index (χ4v) is 2.73. The maximum Gasteiger partial charge on any atom is 0.241 e. The highest BCUT2D eigenvalue weighted by atomic mass is 16.5. The number of ether oxygens (including phenoxy) is 1. The van der Waals surface area contributed by atoms with E-state index in [1.54, 1.807) is 24.3 Å². The van der Waals surface area contributed by atoms with Crippen LogP contribution in [0, 0.1) is 0 Å². The number of carbonyl (C=O) groups is 1. The molecule has 1 aliphatic heterocycles. The van der Waals surface area contributed by atoms with Crippen molar-refractivity contribution in [3.8, 4) is 5.88 Å². The van der Waals surface area contributed by atoms with Gasteiger partial charge < -0.3 is 9.64 Å². The summed E-state index contributed by atoms with van der Waals surface area (Å²) in [5.74, 6) is 0.621. The second-order valence-corrected chi connectivity index (χ2v) is 5.65. The lowest BCUT2D eigenvalue weighted by Crippen LogP contribution is -2.50. The molecule has 1 aliphatic rings. The van der Waals surface area contributed by atoms with Crippen LogP contribution in [0.2, 0.25) is 0 Å². The van der Waals surface area contributed by atoms with Gasteiger partial charge in [-0.05, 0) is 11.6 Å². The van der Waals surface area contributed by atoms with Gasteiger partial charge in [0.1, 0.15) is 0 Å². The SMILES string of the molecule is COc1cc(N2CCN(CC=Cc3ccccc3)CC2=O)ccn1. The quantitative estimate of drug-likeness (QED) is 0.848. The van der Waals surface area contributed by atoms with Gasteiger partial charge in [-0.1, -0.05) is 42.5 Å². The van der Waals surface area contributed by atoms with Crippen LogP contribution < -0.4 is 9.64 Å². The molecule has 2 heterocycles. The van der Waals surface area contributed by atoms with E-state index in [4.69, 9.17) is 4.74 Å². The molecule has 0 spiro atoms. The van der Waals surface area contributed by atoms with Crippen LogP contribution in [0.4, 0.5) is 5.69 Å². The van der Waals surface area contributed by atoms with Crippen molar-refractivity contribution in [2.45, 2.75) is 0 Å². The number of rotatable bonds is 5. The molecule has 24 heavy (non-hydrogen) atoms. The summed E-state index contributed by atoms with van der Waals surface area (Å²) in [4.78, 5) is 20.5. The smallest absolute Gasteiger partial charge is 0.241 e. The largest absolute Gasteiger partial charge is 0.481 e. The van der Waals surface area contributed by atoms with E-state index >= 15 is 0 Å². The van der Waals surface area contributed by atoms with E-state index in [0.29, 0.717) is 19.0 Å². The number of hydrogen-bond acceptors (Lipinski definition) is 4. The van der Waals surface area contributed by atoms with Gasteiger partial charge in [-0.25, -0.2) is 4.98 Å². The molecular formula is C19H21N3O2. The highest BCUT2D eigenvalue weighted by Crippen LogP contribution is 2.20. The zero-order valence-electron chi connectivity index (χ0n) is 13.8. The summed E-state index contributed by atoms with van der Waals surface area (Å²) in [5, 5.41) is 0. The van der Waals surface area contributed by atoms with Crippen LogP contribution in [0.15, 0.2) is 54.7 Å². The highest BCUT2D eigenvalue weighted by Gasteiger charge is 2.24. The minimum absolute atomic E-state index is 0.0996. The second-order valence-electron chi connectivity index (χ2n) is 5.65. The van der Waals surface area contributed by atoms with Crippen LogP contribution in [0.25, 0.3) is 6.08 Å². The van der Waals surface area contributed by atoms with E-state index in [9.17, 15) is 4.79 Å². The zero-order chi connectivity index (χ0) is 16.8. The van der Waals surface area contributed by atoms with Crippen LogP contribution in [0.3, 0.4) is 0 Å². The summed E-state index contributed by atoms with van der Waals surface area (Å²) in [6.45, 7) is 2.71. The molecule has 0 atom stereocenters. The molecule has 1 amide bonds. The maximum atomic E-state index is 12.4. The average Bonchev–Trinajstić information content (AvgIpc) is 2.63. The van der Waals surface area contributed by atoms with Gasteiger partial charge >= 0.3 is 0 Å². The third-order valence-corrected chi connectivity index (χ3v) is 4.01. The van der Waals surface area contributed by atoms with Gasteiger partial charge in [0.25, 0.3) is 0 Å². The van der Waals surface area contributed by atoms with E-state index in [-0.39, 0.29) is 5.91 Å². The molecular weight excluding hydrogens is 302 g/mol. The van der Waals surface area contributed by atoms with Crippen LogP contribution in [0.1, 0.15) is 5.56 Å². The number of methoxy groups -OCH3 is 1. The molecule has 124 valence electrons. The molecule has 0 bridgehead atoms. The van der Waals surface area contributed by atoms with Crippen LogP contribution in [-0.2, 0) is 4.79 Å². The van der Waals surface area contributed by atoms with E-state index in [0.717, 1.165) is 18.8 Å². The predicted octanol–water partition coefficient (Wildman–Crippen LogP) is 2.45. The third kappa shape index (κ3) is 4.00. The minimum Gasteiger partial charge on any atom is -0.481 e. The van der Waals surface area contributed by atoms with Gasteiger partial charge in [0.15, 0.2) is 0 Å². The number of anilines is 1. The van der Waals surface area contributed by atoms with Crippen molar-refractivity contribution in [3.63, 3.8) is 0 Å². The standard InChI is InChI=1S/C19H21N3O2/c1-24-18-14-17(9-10-20-18)22-13-12-21(15-19(22)23)11-5-8-16-6-3-2-4-7-16/h2-10,14H,11-13,15H2,1H3. The van der Waals surface area contributed by atoms with Crippen molar-refractivity contribution in [2.75, 3.05) is 38.2 Å². The number of piperazine rings is 1. The highest BCUT2D eigenvalue weighted by molar-refractivity contribution is 5.95. The first-order valence-electron chi connectivity index (χ1n) is 8.00. The average molecular weight is 323 g/mol. The van der Waals surface area contributed by atoms with E-state index < -0.39 is 0 Å². The Morgan fingerprint density at radius 3 is 2.79 bits per heavy atom. The second kappa shape index (κ2) is 7.75. The van der Waals surface area contributed by atoms with Crippen LogP contribution in [-0.4, -0.2) is 49.1 Å². The molecule has 3 rings (SSSR count). The van der Waals surface area contributed by atoms with Crippen molar-refractivity contribution < 1.29 is 9.53 Å². The molecule has 1 fully saturated rings. The molecule has 0 radical (unpaired) electrons. The predicted molar refractivity (Wildman–Crippen MR) is 95.1 cm³/mol. The van der Waals surface area contributed by atoms with Gasteiger partial charge in [-0.3, -0.25) is 9.69 Å². The fourth-order valence-electron chi connectivity index (χ4n) is 2.73. The number of hydrogen-bond donors (Lipinski definition) is 0. The van der Waals surface area contributed by atoms with E-state index in [1.165, 1.54) is 5.56 Å². The Morgan fingerprint density at radius 1 is 1.21 bits per heavy atom. The lowest BCUT2D eigenvalue weighted by atomic mass is 10.2. The topological polar surface area (TPSA) is 45.7 Å². The van der Waals surface area contributed by atoms with Crippen molar-refractivity contribution in [1.29, 1.82) is 0 Å². The van der Waals surface area contributed by atoms with Crippen LogP contribution in [0.5, 0.6) is 5.88 Å². The number of carbonyl (C=O) groups excluding carboxylic acids is 1. The molecule has 5 heteroatoms. The third-order valence-electron chi connectivity index (χ3n) is 4.01. The van der Waals surface area contributed by atoms with Crippen molar-refractivity contribution >= 4 is 17.7 Å². The molecule has 5 nitrogen and oxygen atoms in total. The zero-order valence-corrected chi connectivity index (χ0v) is 13.8. The number of pyridine rings is 1. The van der Waals surface area contributed by atoms with E-state index in [1.807, 2.05) is 24.3 Å². The minimum atomic E-state index is 0.0996. The first kappa shape index (κ1) is 16.2. The Morgan fingerprint density at radius 2 is 2.04 bits per heavy atom. The Hall–Kier alpha value is -2.66. The molecule has 0 saturated carbocycles. The molecule has 1 aromatic heterocycles. The number of benzene rings is 1. The van der Waals surface area contributed by atoms with Gasteiger partial charge in [0.05, 0.1) is 19.3 Å². The van der Waals surface area contributed by atoms with Gasteiger partial charge in [-0.2, -0.15) is 0 Å². The first-order valence-corrected chi connectivity index (χ1v) is 8.00. The Labute approximate surface area is 142 Å². The van der Waals surface area contributed by atoms with Gasteiger partial charge in [0.2, 0.25) is 11.8 Å². The van der Waals surface area contributed by atoms with Crippen molar-refractivity contribution in [2.24, 2.45) is 0 Å². The van der Waals surface area contributed by atoms with Crippen LogP contribution >= 0.6 is 0 Å². The molecule has 0 N–H and O–H groups in total. The summed E-state index contributed by atoms with van der Waals surface area (Å²) < 4.78 is 5.13. The normalized spacial score (nSPS) is 15.9. The van der Waals surface area contributed by atoms with Crippen molar-refractivity contribution in [1.82, 2.24) is 9.88 Å². The van der Waals surface area contributed by atoms with E-state index in [2.05, 4.69) is 34.2 Å². The fraction of sp³-hybridized carbons (Fsp3) is 0.263. The summed E-state index contributed by atoms with van der Waals surface area (Å²) in [5.41, 5.74) is 2.01. The van der Waals surface area contributed by atoms with Gasteiger partial charge in [0, 0.05) is 31.9 Å². The lowest BCUT2D eigenvalue weighted by molar-refractivity contribution is -0.121. The maximum absolute atomic E-state index is 12.4. The Balaban J connectivity index is 1.57. The number of aromatic nitrogens is 1. The lowest BCUT2D eigenvalue weighted by Gasteiger charge is -2.33. The molecule has 1 aromatic carbocycles. The van der Waals surface area contributed by atoms with Gasteiger partial charge in [-0.15, -0.1) is 0 Å². The molecule has 0 unspecified atom stereocenters. The number of amides is 1. The Bertz CT molecular complexity index is 716.